The molecule has 88 valence electrons. The molecule has 0 saturated carbocycles. The fraction of sp³-hybridized carbons (Fsp3) is 0.545. The van der Waals surface area contributed by atoms with E-state index < -0.39 is 0 Å². The lowest BCUT2D eigenvalue weighted by atomic mass is 10.1. The summed E-state index contributed by atoms with van der Waals surface area (Å²) in [4.78, 5) is 12.0. The van der Waals surface area contributed by atoms with Crippen LogP contribution in [0.2, 0.25) is 0 Å². The van der Waals surface area contributed by atoms with Crippen molar-refractivity contribution in [2.24, 2.45) is 7.05 Å². The van der Waals surface area contributed by atoms with Gasteiger partial charge in [0.25, 0.3) is 5.91 Å². The second kappa shape index (κ2) is 5.27. The molecule has 1 aromatic heterocycles. The molecule has 1 amide bonds. The topological polar surface area (TPSA) is 34.0 Å². The van der Waals surface area contributed by atoms with Crippen LogP contribution in [0.4, 0.5) is 0 Å². The Morgan fingerprint density at radius 3 is 2.81 bits per heavy atom. The minimum Gasteiger partial charge on any atom is -0.348 e. The number of thioether (sulfide) groups is 1. The summed E-state index contributed by atoms with van der Waals surface area (Å²) < 4.78 is 2.79. The molecular formula is C11H15BrN2OS. The van der Waals surface area contributed by atoms with E-state index in [1.807, 2.05) is 35.6 Å². The fourth-order valence-electron chi connectivity index (χ4n) is 1.85. The number of carbonyl (C=O) groups excluding carboxylic acids is 1. The molecule has 0 unspecified atom stereocenters. The molecule has 1 aliphatic rings. The van der Waals surface area contributed by atoms with Crippen LogP contribution in [0.15, 0.2) is 16.7 Å². The Morgan fingerprint density at radius 2 is 2.25 bits per heavy atom. The molecule has 0 aliphatic carbocycles. The normalized spacial score (nSPS) is 17.4. The quantitative estimate of drug-likeness (QED) is 0.910. The Labute approximate surface area is 108 Å². The van der Waals surface area contributed by atoms with Crippen LogP contribution in [-0.4, -0.2) is 28.0 Å². The average molecular weight is 303 g/mol. The van der Waals surface area contributed by atoms with Gasteiger partial charge >= 0.3 is 0 Å². The van der Waals surface area contributed by atoms with Gasteiger partial charge in [-0.15, -0.1) is 0 Å². The van der Waals surface area contributed by atoms with E-state index in [0.29, 0.717) is 11.7 Å². The van der Waals surface area contributed by atoms with Gasteiger partial charge in [-0.3, -0.25) is 4.79 Å². The van der Waals surface area contributed by atoms with E-state index in [9.17, 15) is 4.79 Å². The number of rotatable bonds is 2. The van der Waals surface area contributed by atoms with E-state index in [2.05, 4.69) is 21.2 Å². The maximum absolute atomic E-state index is 12.0. The highest BCUT2D eigenvalue weighted by Crippen LogP contribution is 2.18. The maximum atomic E-state index is 12.0. The Bertz CT molecular complexity index is 385. The standard InChI is InChI=1S/C11H15BrN2OS/c1-14-7-8(12)6-10(14)11(15)13-9-2-4-16-5-3-9/h6-7,9H,2-5H2,1H3,(H,13,15). The third-order valence-corrected chi connectivity index (χ3v) is 4.24. The zero-order chi connectivity index (χ0) is 11.5. The molecule has 2 rings (SSSR count). The van der Waals surface area contributed by atoms with Gasteiger partial charge in [0, 0.05) is 23.8 Å². The predicted octanol–water partition coefficient (Wildman–Crippen LogP) is 2.41. The number of hydrogen-bond acceptors (Lipinski definition) is 2. The van der Waals surface area contributed by atoms with Crippen LogP contribution in [-0.2, 0) is 7.05 Å². The summed E-state index contributed by atoms with van der Waals surface area (Å²) >= 11 is 5.34. The summed E-state index contributed by atoms with van der Waals surface area (Å²) in [5.41, 5.74) is 0.713. The van der Waals surface area contributed by atoms with Crippen LogP contribution in [0.5, 0.6) is 0 Å². The lowest BCUT2D eigenvalue weighted by Gasteiger charge is -2.22. The lowest BCUT2D eigenvalue weighted by Crippen LogP contribution is -2.38. The van der Waals surface area contributed by atoms with Gasteiger partial charge in [-0.1, -0.05) is 0 Å². The van der Waals surface area contributed by atoms with E-state index in [-0.39, 0.29) is 5.91 Å². The molecule has 1 N–H and O–H groups in total. The van der Waals surface area contributed by atoms with Crippen molar-refractivity contribution >= 4 is 33.6 Å². The zero-order valence-electron chi connectivity index (χ0n) is 9.20. The second-order valence-electron chi connectivity index (χ2n) is 4.01. The Hall–Kier alpha value is -0.420. The summed E-state index contributed by atoms with van der Waals surface area (Å²) in [6, 6.07) is 2.20. The molecule has 1 aliphatic heterocycles. The molecule has 1 aromatic rings. The van der Waals surface area contributed by atoms with E-state index in [1.54, 1.807) is 0 Å². The Kier molecular flexibility index (Phi) is 3.97. The van der Waals surface area contributed by atoms with Crippen molar-refractivity contribution in [3.05, 3.63) is 22.4 Å². The molecular weight excluding hydrogens is 288 g/mol. The SMILES string of the molecule is Cn1cc(Br)cc1C(=O)NC1CCSCC1. The molecule has 0 radical (unpaired) electrons. The van der Waals surface area contributed by atoms with Crippen molar-refractivity contribution in [3.8, 4) is 0 Å². The fourth-order valence-corrected chi connectivity index (χ4v) is 3.48. The van der Waals surface area contributed by atoms with E-state index in [4.69, 9.17) is 0 Å². The lowest BCUT2D eigenvalue weighted by molar-refractivity contribution is 0.0926. The predicted molar refractivity (Wildman–Crippen MR) is 70.9 cm³/mol. The first-order valence-electron chi connectivity index (χ1n) is 5.37. The van der Waals surface area contributed by atoms with Gasteiger partial charge in [0.2, 0.25) is 0 Å². The highest BCUT2D eigenvalue weighted by molar-refractivity contribution is 9.10. The molecule has 3 nitrogen and oxygen atoms in total. The summed E-state index contributed by atoms with van der Waals surface area (Å²) in [6.07, 6.45) is 4.07. The number of aryl methyl sites for hydroxylation is 1. The average Bonchev–Trinajstić information content (AvgIpc) is 2.59. The number of nitrogens with one attached hydrogen (secondary N) is 1. The first-order chi connectivity index (χ1) is 7.66. The third-order valence-electron chi connectivity index (χ3n) is 2.76. The molecule has 0 aromatic carbocycles. The minimum absolute atomic E-state index is 0.0325. The van der Waals surface area contributed by atoms with Gasteiger partial charge in [-0.05, 0) is 46.3 Å². The van der Waals surface area contributed by atoms with Gasteiger partial charge in [0.15, 0.2) is 0 Å². The summed E-state index contributed by atoms with van der Waals surface area (Å²) in [5.74, 6) is 2.34. The van der Waals surface area contributed by atoms with Gasteiger partial charge in [-0.2, -0.15) is 11.8 Å². The molecule has 0 bridgehead atoms. The van der Waals surface area contributed by atoms with E-state index >= 15 is 0 Å². The van der Waals surface area contributed by atoms with Crippen molar-refractivity contribution in [3.63, 3.8) is 0 Å². The third kappa shape index (κ3) is 2.83. The molecule has 2 heterocycles. The van der Waals surface area contributed by atoms with Gasteiger partial charge in [-0.25, -0.2) is 0 Å². The smallest absolute Gasteiger partial charge is 0.268 e. The van der Waals surface area contributed by atoms with Crippen LogP contribution in [0.3, 0.4) is 0 Å². The highest BCUT2D eigenvalue weighted by Gasteiger charge is 2.18. The van der Waals surface area contributed by atoms with E-state index in [0.717, 1.165) is 28.8 Å². The molecule has 1 fully saturated rings. The largest absolute Gasteiger partial charge is 0.348 e. The molecule has 0 atom stereocenters. The second-order valence-corrected chi connectivity index (χ2v) is 6.15. The minimum atomic E-state index is 0.0325. The van der Waals surface area contributed by atoms with Crippen LogP contribution in [0.25, 0.3) is 0 Å². The Morgan fingerprint density at radius 1 is 1.56 bits per heavy atom. The monoisotopic (exact) mass is 302 g/mol. The highest BCUT2D eigenvalue weighted by atomic mass is 79.9. The number of carbonyl (C=O) groups is 1. The van der Waals surface area contributed by atoms with Crippen molar-refractivity contribution < 1.29 is 4.79 Å². The van der Waals surface area contributed by atoms with Crippen LogP contribution in [0.1, 0.15) is 23.3 Å². The number of amides is 1. The van der Waals surface area contributed by atoms with Crippen LogP contribution in [0, 0.1) is 0 Å². The zero-order valence-corrected chi connectivity index (χ0v) is 11.6. The molecule has 5 heteroatoms. The molecule has 16 heavy (non-hydrogen) atoms. The number of halogens is 1. The number of aromatic nitrogens is 1. The van der Waals surface area contributed by atoms with Crippen LogP contribution < -0.4 is 5.32 Å². The molecule has 1 saturated heterocycles. The summed E-state index contributed by atoms with van der Waals surface area (Å²) in [7, 11) is 1.89. The number of hydrogen-bond donors (Lipinski definition) is 1. The molecule has 0 spiro atoms. The van der Waals surface area contributed by atoms with E-state index in [1.165, 1.54) is 0 Å². The van der Waals surface area contributed by atoms with Crippen molar-refractivity contribution in [1.29, 1.82) is 0 Å². The van der Waals surface area contributed by atoms with Crippen molar-refractivity contribution in [2.75, 3.05) is 11.5 Å². The summed E-state index contributed by atoms with van der Waals surface area (Å²) in [6.45, 7) is 0. The first kappa shape index (κ1) is 12.0. The Balaban J connectivity index is 1.99. The van der Waals surface area contributed by atoms with Gasteiger partial charge in [0.1, 0.15) is 5.69 Å². The van der Waals surface area contributed by atoms with Crippen molar-refractivity contribution in [2.45, 2.75) is 18.9 Å². The number of nitrogens with zero attached hydrogens (tertiary/aromatic N) is 1. The van der Waals surface area contributed by atoms with Gasteiger partial charge < -0.3 is 9.88 Å². The summed E-state index contributed by atoms with van der Waals surface area (Å²) in [5, 5.41) is 3.10. The van der Waals surface area contributed by atoms with Crippen molar-refractivity contribution in [1.82, 2.24) is 9.88 Å². The maximum Gasteiger partial charge on any atom is 0.268 e. The first-order valence-corrected chi connectivity index (χ1v) is 7.32. The van der Waals surface area contributed by atoms with Gasteiger partial charge in [0.05, 0.1) is 0 Å². The van der Waals surface area contributed by atoms with Crippen LogP contribution >= 0.6 is 27.7 Å².